The van der Waals surface area contributed by atoms with Crippen molar-refractivity contribution in [1.29, 1.82) is 0 Å². The molecule has 2 aromatic rings. The Balaban J connectivity index is 2.47. The summed E-state index contributed by atoms with van der Waals surface area (Å²) in [6.45, 7) is -0.260. The molecule has 0 saturated heterocycles. The van der Waals surface area contributed by atoms with Crippen LogP contribution in [0, 0.1) is 5.82 Å². The molecule has 1 unspecified atom stereocenters. The van der Waals surface area contributed by atoms with Crippen LogP contribution in [-0.2, 0) is 0 Å². The van der Waals surface area contributed by atoms with E-state index in [9.17, 15) is 4.39 Å². The second-order valence-corrected chi connectivity index (χ2v) is 4.63. The Morgan fingerprint density at radius 2 is 2.17 bits per heavy atom. The fraction of sp³-hybridized carbons (Fsp3) is 0.167. The minimum absolute atomic E-state index is 0.260. The molecular formula is C12H11BrFN3O. The Morgan fingerprint density at radius 3 is 2.89 bits per heavy atom. The molecule has 94 valence electrons. The zero-order valence-electron chi connectivity index (χ0n) is 9.35. The molecule has 0 radical (unpaired) electrons. The van der Waals surface area contributed by atoms with E-state index in [0.717, 1.165) is 4.47 Å². The molecule has 1 heterocycles. The first-order valence-corrected chi connectivity index (χ1v) is 6.06. The molecule has 0 aliphatic carbocycles. The van der Waals surface area contributed by atoms with Crippen LogP contribution in [0.5, 0.6) is 0 Å². The fourth-order valence-corrected chi connectivity index (χ4v) is 1.84. The maximum atomic E-state index is 13.7. The topological polar surface area (TPSA) is 72.0 Å². The van der Waals surface area contributed by atoms with Crippen LogP contribution < -0.4 is 5.73 Å². The largest absolute Gasteiger partial charge is 0.394 e. The van der Waals surface area contributed by atoms with Gasteiger partial charge in [-0.3, -0.25) is 0 Å². The van der Waals surface area contributed by atoms with Gasteiger partial charge < -0.3 is 10.8 Å². The van der Waals surface area contributed by atoms with Gasteiger partial charge in [0.2, 0.25) is 0 Å². The van der Waals surface area contributed by atoms with E-state index in [-0.39, 0.29) is 18.2 Å². The van der Waals surface area contributed by atoms with Crippen LogP contribution in [-0.4, -0.2) is 21.7 Å². The molecule has 0 bridgehead atoms. The van der Waals surface area contributed by atoms with Crippen LogP contribution in [0.4, 0.5) is 4.39 Å². The molecule has 0 fully saturated rings. The van der Waals surface area contributed by atoms with Gasteiger partial charge in [0.25, 0.3) is 0 Å². The Bertz CT molecular complexity index is 565. The molecule has 4 nitrogen and oxygen atoms in total. The predicted octanol–water partition coefficient (Wildman–Crippen LogP) is 2.04. The lowest BCUT2D eigenvalue weighted by atomic mass is 10.1. The Labute approximate surface area is 112 Å². The molecule has 0 spiro atoms. The summed E-state index contributed by atoms with van der Waals surface area (Å²) in [5.74, 6) is -0.0882. The van der Waals surface area contributed by atoms with Crippen molar-refractivity contribution < 1.29 is 9.50 Å². The first kappa shape index (κ1) is 13.1. The minimum atomic E-state index is -0.667. The van der Waals surface area contributed by atoms with Crippen LogP contribution in [0.2, 0.25) is 0 Å². The second kappa shape index (κ2) is 5.51. The average Bonchev–Trinajstić information content (AvgIpc) is 2.40. The first-order chi connectivity index (χ1) is 8.61. The maximum Gasteiger partial charge on any atom is 0.147 e. The average molecular weight is 312 g/mol. The van der Waals surface area contributed by atoms with Gasteiger partial charge in [-0.2, -0.15) is 0 Å². The Morgan fingerprint density at radius 1 is 1.39 bits per heavy atom. The minimum Gasteiger partial charge on any atom is -0.394 e. The van der Waals surface area contributed by atoms with Crippen molar-refractivity contribution in [3.8, 4) is 11.3 Å². The quantitative estimate of drug-likeness (QED) is 0.910. The summed E-state index contributed by atoms with van der Waals surface area (Å²) < 4.78 is 14.5. The molecule has 3 N–H and O–H groups in total. The summed E-state index contributed by atoms with van der Waals surface area (Å²) in [5.41, 5.74) is 6.42. The standard InChI is InChI=1S/C12H11BrFN3O/c13-7-1-2-9(14)8(5-7)11-3-4-16-12(17-11)10(15)6-18/h1-5,10,18H,6,15H2. The zero-order valence-corrected chi connectivity index (χ0v) is 10.9. The number of nitrogens with zero attached hydrogens (tertiary/aromatic N) is 2. The Kier molecular flexibility index (Phi) is 4.00. The molecule has 1 atom stereocenters. The number of aliphatic hydroxyl groups excluding tert-OH is 1. The lowest BCUT2D eigenvalue weighted by molar-refractivity contribution is 0.263. The lowest BCUT2D eigenvalue weighted by Gasteiger charge is -2.09. The van der Waals surface area contributed by atoms with E-state index in [1.165, 1.54) is 12.3 Å². The van der Waals surface area contributed by atoms with E-state index < -0.39 is 6.04 Å². The van der Waals surface area contributed by atoms with Crippen LogP contribution in [0.15, 0.2) is 34.9 Å². The number of hydrogen-bond donors (Lipinski definition) is 2. The van der Waals surface area contributed by atoms with E-state index in [1.54, 1.807) is 18.2 Å². The molecule has 0 amide bonds. The number of aliphatic hydroxyl groups is 1. The van der Waals surface area contributed by atoms with E-state index in [0.29, 0.717) is 11.3 Å². The molecule has 2 rings (SSSR count). The summed E-state index contributed by atoms with van der Waals surface area (Å²) in [5, 5.41) is 8.96. The van der Waals surface area contributed by atoms with Crippen LogP contribution in [0.25, 0.3) is 11.3 Å². The molecule has 6 heteroatoms. The van der Waals surface area contributed by atoms with Crippen molar-refractivity contribution in [2.24, 2.45) is 5.73 Å². The van der Waals surface area contributed by atoms with Crippen molar-refractivity contribution in [3.05, 3.63) is 46.6 Å². The summed E-state index contributed by atoms with van der Waals surface area (Å²) in [6, 6.07) is 5.53. The van der Waals surface area contributed by atoms with Gasteiger partial charge in [-0.15, -0.1) is 0 Å². The fourth-order valence-electron chi connectivity index (χ4n) is 1.48. The highest BCUT2D eigenvalue weighted by Crippen LogP contribution is 2.24. The highest BCUT2D eigenvalue weighted by molar-refractivity contribution is 9.10. The highest BCUT2D eigenvalue weighted by atomic mass is 79.9. The number of halogens is 2. The third-order valence-electron chi connectivity index (χ3n) is 2.41. The molecular weight excluding hydrogens is 301 g/mol. The van der Waals surface area contributed by atoms with Crippen LogP contribution in [0.1, 0.15) is 11.9 Å². The van der Waals surface area contributed by atoms with E-state index in [2.05, 4.69) is 25.9 Å². The van der Waals surface area contributed by atoms with Gasteiger partial charge in [-0.1, -0.05) is 15.9 Å². The molecule has 1 aromatic carbocycles. The van der Waals surface area contributed by atoms with E-state index in [1.807, 2.05) is 0 Å². The Hall–Kier alpha value is -1.37. The molecule has 0 aliphatic rings. The number of hydrogen-bond acceptors (Lipinski definition) is 4. The highest BCUT2D eigenvalue weighted by Gasteiger charge is 2.12. The van der Waals surface area contributed by atoms with Gasteiger partial charge >= 0.3 is 0 Å². The van der Waals surface area contributed by atoms with Gasteiger partial charge in [0.05, 0.1) is 18.3 Å². The molecule has 0 aliphatic heterocycles. The lowest BCUT2D eigenvalue weighted by Crippen LogP contribution is -2.17. The SMILES string of the molecule is NC(CO)c1nccc(-c2cc(Br)ccc2F)n1. The van der Waals surface area contributed by atoms with Gasteiger partial charge in [0.15, 0.2) is 0 Å². The maximum absolute atomic E-state index is 13.7. The zero-order chi connectivity index (χ0) is 13.1. The van der Waals surface area contributed by atoms with Gasteiger partial charge in [0, 0.05) is 16.2 Å². The van der Waals surface area contributed by atoms with Gasteiger partial charge in [0.1, 0.15) is 11.6 Å². The van der Waals surface area contributed by atoms with Crippen molar-refractivity contribution in [3.63, 3.8) is 0 Å². The number of aromatic nitrogens is 2. The van der Waals surface area contributed by atoms with Gasteiger partial charge in [-0.25, -0.2) is 14.4 Å². The third-order valence-corrected chi connectivity index (χ3v) is 2.90. The van der Waals surface area contributed by atoms with Crippen LogP contribution >= 0.6 is 15.9 Å². The van der Waals surface area contributed by atoms with Crippen molar-refractivity contribution in [2.45, 2.75) is 6.04 Å². The first-order valence-electron chi connectivity index (χ1n) is 5.26. The smallest absolute Gasteiger partial charge is 0.147 e. The number of benzene rings is 1. The number of rotatable bonds is 3. The van der Waals surface area contributed by atoms with Crippen molar-refractivity contribution >= 4 is 15.9 Å². The predicted molar refractivity (Wildman–Crippen MR) is 69.1 cm³/mol. The third kappa shape index (κ3) is 2.72. The summed E-state index contributed by atoms with van der Waals surface area (Å²) >= 11 is 3.28. The van der Waals surface area contributed by atoms with E-state index in [4.69, 9.17) is 10.8 Å². The molecule has 1 aromatic heterocycles. The molecule has 18 heavy (non-hydrogen) atoms. The monoisotopic (exact) mass is 311 g/mol. The number of nitrogens with two attached hydrogens (primary N) is 1. The van der Waals surface area contributed by atoms with Gasteiger partial charge in [-0.05, 0) is 24.3 Å². The summed E-state index contributed by atoms with van der Waals surface area (Å²) in [4.78, 5) is 8.12. The van der Waals surface area contributed by atoms with Crippen LogP contribution in [0.3, 0.4) is 0 Å². The van der Waals surface area contributed by atoms with Crippen molar-refractivity contribution in [2.75, 3.05) is 6.61 Å². The summed E-state index contributed by atoms with van der Waals surface area (Å²) in [6.07, 6.45) is 1.49. The second-order valence-electron chi connectivity index (χ2n) is 3.71. The molecule has 0 saturated carbocycles. The van der Waals surface area contributed by atoms with E-state index >= 15 is 0 Å². The van der Waals surface area contributed by atoms with Crippen molar-refractivity contribution in [1.82, 2.24) is 9.97 Å². The normalized spacial score (nSPS) is 12.4. The summed E-state index contributed by atoms with van der Waals surface area (Å²) in [7, 11) is 0.